The molecule has 0 bridgehead atoms. The van der Waals surface area contributed by atoms with Gasteiger partial charge in [0.05, 0.1) is 6.10 Å². The number of carbonyl (C=O) groups excluding carboxylic acids is 1. The van der Waals surface area contributed by atoms with Crippen molar-refractivity contribution in [3.8, 4) is 0 Å². The number of hydrogen-bond acceptors (Lipinski definition) is 2. The van der Waals surface area contributed by atoms with Crippen LogP contribution in [0.4, 0.5) is 0 Å². The molecule has 0 aromatic carbocycles. The molecule has 66 valence electrons. The maximum Gasteiger partial charge on any atom is 0.167 e. The zero-order valence-electron chi connectivity index (χ0n) is 7.21. The van der Waals surface area contributed by atoms with Crippen molar-refractivity contribution in [1.29, 1.82) is 0 Å². The third-order valence-electron chi connectivity index (χ3n) is 2.88. The van der Waals surface area contributed by atoms with Gasteiger partial charge < -0.3 is 4.74 Å². The molecule has 0 amide bonds. The number of ether oxygens (including phenoxy) is 1. The number of ketones is 1. The summed E-state index contributed by atoms with van der Waals surface area (Å²) in [6, 6.07) is 0. The molecule has 2 fully saturated rings. The molecular formula is C10H14O2. The number of hydrogen-bond donors (Lipinski definition) is 0. The lowest BCUT2D eigenvalue weighted by atomic mass is 9.85. The van der Waals surface area contributed by atoms with E-state index in [0.717, 1.165) is 25.7 Å². The minimum Gasteiger partial charge on any atom is -0.358 e. The molecule has 0 N–H and O–H groups in total. The summed E-state index contributed by atoms with van der Waals surface area (Å²) in [5.41, 5.74) is -0.355. The SMILES string of the molecule is C=CCCC12OC1CCCC2=O. The second-order valence-corrected chi connectivity index (χ2v) is 3.64. The van der Waals surface area contributed by atoms with E-state index in [0.29, 0.717) is 12.2 Å². The van der Waals surface area contributed by atoms with Crippen LogP contribution in [0.1, 0.15) is 32.1 Å². The van der Waals surface area contributed by atoms with Crippen molar-refractivity contribution in [1.82, 2.24) is 0 Å². The zero-order valence-corrected chi connectivity index (χ0v) is 7.21. The second kappa shape index (κ2) is 2.70. The Labute approximate surface area is 72.6 Å². The van der Waals surface area contributed by atoms with E-state index >= 15 is 0 Å². The molecule has 2 aliphatic rings. The van der Waals surface area contributed by atoms with E-state index in [2.05, 4.69) is 6.58 Å². The van der Waals surface area contributed by atoms with Gasteiger partial charge in [0.1, 0.15) is 0 Å². The Bertz CT molecular complexity index is 222. The van der Waals surface area contributed by atoms with Gasteiger partial charge in [-0.25, -0.2) is 0 Å². The largest absolute Gasteiger partial charge is 0.358 e. The standard InChI is InChI=1S/C10H14O2/c1-2-3-7-10-8(11)5-4-6-9(10)12-10/h2,9H,1,3-7H2. The molecule has 2 unspecified atom stereocenters. The molecule has 2 rings (SSSR count). The van der Waals surface area contributed by atoms with Gasteiger partial charge in [-0.3, -0.25) is 4.79 Å². The van der Waals surface area contributed by atoms with Gasteiger partial charge in [-0.15, -0.1) is 6.58 Å². The molecule has 2 nitrogen and oxygen atoms in total. The lowest BCUT2D eigenvalue weighted by molar-refractivity contribution is -0.124. The van der Waals surface area contributed by atoms with Crippen LogP contribution in [-0.2, 0) is 9.53 Å². The Morgan fingerprint density at radius 2 is 2.58 bits per heavy atom. The van der Waals surface area contributed by atoms with Crippen molar-refractivity contribution in [2.75, 3.05) is 0 Å². The van der Waals surface area contributed by atoms with Gasteiger partial charge in [0.25, 0.3) is 0 Å². The first-order valence-corrected chi connectivity index (χ1v) is 4.61. The number of allylic oxidation sites excluding steroid dienone is 1. The van der Waals surface area contributed by atoms with Gasteiger partial charge in [-0.05, 0) is 25.7 Å². The van der Waals surface area contributed by atoms with Crippen LogP contribution in [0.25, 0.3) is 0 Å². The van der Waals surface area contributed by atoms with Gasteiger partial charge in [0, 0.05) is 6.42 Å². The van der Waals surface area contributed by atoms with E-state index in [9.17, 15) is 4.79 Å². The molecule has 1 saturated heterocycles. The number of Topliss-reactive ketones (excluding diaryl/α,β-unsaturated/α-hetero) is 1. The van der Waals surface area contributed by atoms with Gasteiger partial charge >= 0.3 is 0 Å². The van der Waals surface area contributed by atoms with E-state index in [1.807, 2.05) is 6.08 Å². The lowest BCUT2D eigenvalue weighted by Gasteiger charge is -2.14. The number of carbonyl (C=O) groups is 1. The predicted octanol–water partition coefficient (Wildman–Crippen LogP) is 1.84. The maximum absolute atomic E-state index is 11.5. The molecule has 2 atom stereocenters. The average Bonchev–Trinajstić information content (AvgIpc) is 2.78. The van der Waals surface area contributed by atoms with Crippen LogP contribution in [0.15, 0.2) is 12.7 Å². The third kappa shape index (κ3) is 1.02. The molecule has 0 spiro atoms. The van der Waals surface area contributed by atoms with Crippen LogP contribution in [0.5, 0.6) is 0 Å². The molecule has 0 aromatic rings. The quantitative estimate of drug-likeness (QED) is 0.473. The van der Waals surface area contributed by atoms with Gasteiger partial charge in [-0.1, -0.05) is 6.08 Å². The third-order valence-corrected chi connectivity index (χ3v) is 2.88. The van der Waals surface area contributed by atoms with Crippen LogP contribution in [0.2, 0.25) is 0 Å². The van der Waals surface area contributed by atoms with E-state index < -0.39 is 0 Å². The van der Waals surface area contributed by atoms with Crippen LogP contribution < -0.4 is 0 Å². The second-order valence-electron chi connectivity index (χ2n) is 3.64. The van der Waals surface area contributed by atoms with Gasteiger partial charge in [-0.2, -0.15) is 0 Å². The number of fused-ring (bicyclic) bond motifs is 1. The van der Waals surface area contributed by atoms with Crippen molar-refractivity contribution >= 4 is 5.78 Å². The Balaban J connectivity index is 2.01. The molecule has 0 radical (unpaired) electrons. The first kappa shape index (κ1) is 7.99. The zero-order chi connectivity index (χ0) is 8.60. The van der Waals surface area contributed by atoms with E-state index in [4.69, 9.17) is 4.74 Å². The molecule has 2 heteroatoms. The maximum atomic E-state index is 11.5. The first-order chi connectivity index (χ1) is 5.79. The Kier molecular flexibility index (Phi) is 1.80. The summed E-state index contributed by atoms with van der Waals surface area (Å²) in [6.45, 7) is 3.65. The highest BCUT2D eigenvalue weighted by Crippen LogP contribution is 2.48. The molecular weight excluding hydrogens is 152 g/mol. The number of epoxide rings is 1. The smallest absolute Gasteiger partial charge is 0.167 e. The van der Waals surface area contributed by atoms with Crippen molar-refractivity contribution < 1.29 is 9.53 Å². The minimum atomic E-state index is -0.355. The molecule has 1 heterocycles. The molecule has 12 heavy (non-hydrogen) atoms. The van der Waals surface area contributed by atoms with Crippen LogP contribution in [0, 0.1) is 0 Å². The summed E-state index contributed by atoms with van der Waals surface area (Å²) in [5.74, 6) is 0.320. The summed E-state index contributed by atoms with van der Waals surface area (Å²) < 4.78 is 5.48. The highest BCUT2D eigenvalue weighted by molar-refractivity contribution is 5.91. The highest BCUT2D eigenvalue weighted by Gasteiger charge is 2.61. The minimum absolute atomic E-state index is 0.249. The van der Waals surface area contributed by atoms with Crippen molar-refractivity contribution in [3.05, 3.63) is 12.7 Å². The van der Waals surface area contributed by atoms with Crippen LogP contribution >= 0.6 is 0 Å². The topological polar surface area (TPSA) is 29.6 Å². The predicted molar refractivity (Wildman–Crippen MR) is 45.9 cm³/mol. The molecule has 0 aromatic heterocycles. The van der Waals surface area contributed by atoms with Gasteiger partial charge in [0.2, 0.25) is 0 Å². The first-order valence-electron chi connectivity index (χ1n) is 4.61. The van der Waals surface area contributed by atoms with Crippen LogP contribution in [-0.4, -0.2) is 17.5 Å². The number of rotatable bonds is 3. The van der Waals surface area contributed by atoms with Crippen molar-refractivity contribution in [2.45, 2.75) is 43.8 Å². The van der Waals surface area contributed by atoms with Crippen molar-refractivity contribution in [3.63, 3.8) is 0 Å². The summed E-state index contributed by atoms with van der Waals surface area (Å²) in [6.07, 6.45) is 6.65. The summed E-state index contributed by atoms with van der Waals surface area (Å²) >= 11 is 0. The fourth-order valence-electron chi connectivity index (χ4n) is 2.09. The van der Waals surface area contributed by atoms with E-state index in [1.54, 1.807) is 0 Å². The Hall–Kier alpha value is -0.630. The summed E-state index contributed by atoms with van der Waals surface area (Å²) in [5, 5.41) is 0. The molecule has 1 aliphatic carbocycles. The fourth-order valence-corrected chi connectivity index (χ4v) is 2.09. The lowest BCUT2D eigenvalue weighted by Crippen LogP contribution is -2.30. The van der Waals surface area contributed by atoms with Crippen molar-refractivity contribution in [2.24, 2.45) is 0 Å². The molecule has 1 aliphatic heterocycles. The van der Waals surface area contributed by atoms with E-state index in [1.165, 1.54) is 0 Å². The van der Waals surface area contributed by atoms with E-state index in [-0.39, 0.29) is 11.7 Å². The average molecular weight is 166 g/mol. The summed E-state index contributed by atoms with van der Waals surface area (Å²) in [4.78, 5) is 11.5. The van der Waals surface area contributed by atoms with Gasteiger partial charge in [0.15, 0.2) is 11.4 Å². The summed E-state index contributed by atoms with van der Waals surface area (Å²) in [7, 11) is 0. The Morgan fingerprint density at radius 3 is 3.25 bits per heavy atom. The Morgan fingerprint density at radius 1 is 1.75 bits per heavy atom. The monoisotopic (exact) mass is 166 g/mol. The van der Waals surface area contributed by atoms with Crippen LogP contribution in [0.3, 0.4) is 0 Å². The fraction of sp³-hybridized carbons (Fsp3) is 0.700. The normalized spacial score (nSPS) is 39.0. The molecule has 1 saturated carbocycles. The highest BCUT2D eigenvalue weighted by atomic mass is 16.6.